The number of esters is 1. The van der Waals surface area contributed by atoms with Gasteiger partial charge in [-0.05, 0) is 6.92 Å². The maximum atomic E-state index is 11.8. The Morgan fingerprint density at radius 1 is 1.13 bits per heavy atom. The summed E-state index contributed by atoms with van der Waals surface area (Å²) in [5.41, 5.74) is 0.419. The lowest BCUT2D eigenvalue weighted by molar-refractivity contribution is -0.154. The zero-order valence-corrected chi connectivity index (χ0v) is 15.3. The Morgan fingerprint density at radius 2 is 1.78 bits per heavy atom. The lowest BCUT2D eigenvalue weighted by Crippen LogP contribution is -2.53. The molecule has 0 bridgehead atoms. The summed E-state index contributed by atoms with van der Waals surface area (Å²) < 4.78 is 4.99. The van der Waals surface area contributed by atoms with Crippen molar-refractivity contribution in [1.29, 1.82) is 0 Å². The third kappa shape index (κ3) is 7.30. The molecule has 0 aromatic heterocycles. The van der Waals surface area contributed by atoms with E-state index in [1.807, 2.05) is 0 Å². The first-order chi connectivity index (χ1) is 10.9. The highest BCUT2D eigenvalue weighted by Crippen LogP contribution is 2.09. The van der Waals surface area contributed by atoms with Gasteiger partial charge in [-0.25, -0.2) is 4.79 Å². The van der Waals surface area contributed by atoms with Crippen LogP contribution in [-0.2, 0) is 19.1 Å². The van der Waals surface area contributed by atoms with Gasteiger partial charge in [0.15, 0.2) is 0 Å². The number of amides is 2. The largest absolute Gasteiger partial charge is 0.461 e. The van der Waals surface area contributed by atoms with Gasteiger partial charge in [0.2, 0.25) is 0 Å². The van der Waals surface area contributed by atoms with Crippen LogP contribution in [0.1, 0.15) is 6.92 Å². The van der Waals surface area contributed by atoms with E-state index in [1.165, 1.54) is 4.90 Å². The Kier molecular flexibility index (Phi) is 9.16. The number of hydrogen-bond acceptors (Lipinski definition) is 6. The average Bonchev–Trinajstić information content (AvgIpc) is 2.52. The Bertz CT molecular complexity index is 457. The number of carbonyl (C=O) groups excluding carboxylic acids is 3. The molecular weight excluding hydrogens is 336 g/mol. The Balaban J connectivity index is 1.98. The molecule has 2 amide bonds. The van der Waals surface area contributed by atoms with E-state index in [-0.39, 0.29) is 5.97 Å². The summed E-state index contributed by atoms with van der Waals surface area (Å²) in [5, 5.41) is 0. The molecule has 0 radical (unpaired) electrons. The molecule has 1 saturated heterocycles. The molecule has 1 fully saturated rings. The molecular formula is C15H24N2O4S2. The summed E-state index contributed by atoms with van der Waals surface area (Å²) in [4.78, 5) is 37.5. The molecule has 130 valence electrons. The fourth-order valence-corrected chi connectivity index (χ4v) is 3.70. The van der Waals surface area contributed by atoms with E-state index in [2.05, 4.69) is 6.58 Å². The number of ether oxygens (including phenoxy) is 1. The summed E-state index contributed by atoms with van der Waals surface area (Å²) in [6.07, 6.45) is 0. The van der Waals surface area contributed by atoms with Gasteiger partial charge in [0.25, 0.3) is 0 Å². The molecule has 0 atom stereocenters. The summed E-state index contributed by atoms with van der Waals surface area (Å²) in [6.45, 7) is 7.39. The molecule has 0 N–H and O–H groups in total. The lowest BCUT2D eigenvalue weighted by Gasteiger charge is -2.31. The molecule has 0 spiro atoms. The summed E-state index contributed by atoms with van der Waals surface area (Å²) in [7, 11) is 1.65. The third-order valence-corrected chi connectivity index (χ3v) is 5.38. The van der Waals surface area contributed by atoms with Gasteiger partial charge in [-0.15, -0.1) is 0 Å². The quantitative estimate of drug-likeness (QED) is 0.249. The van der Waals surface area contributed by atoms with Gasteiger partial charge in [0.1, 0.15) is 6.61 Å². The van der Waals surface area contributed by atoms with Gasteiger partial charge in [-0.2, -0.15) is 23.5 Å². The van der Waals surface area contributed by atoms with Gasteiger partial charge in [-0.3, -0.25) is 9.59 Å². The van der Waals surface area contributed by atoms with Crippen molar-refractivity contribution in [3.05, 3.63) is 12.2 Å². The number of hydrogen-bond donors (Lipinski definition) is 0. The van der Waals surface area contributed by atoms with E-state index in [0.717, 1.165) is 23.0 Å². The van der Waals surface area contributed by atoms with E-state index in [9.17, 15) is 14.4 Å². The number of nitrogens with zero attached hydrogens (tertiary/aromatic N) is 2. The van der Waals surface area contributed by atoms with Crippen LogP contribution in [0, 0.1) is 0 Å². The van der Waals surface area contributed by atoms with Crippen LogP contribution in [0.4, 0.5) is 0 Å². The normalized spacial score (nSPS) is 15.0. The van der Waals surface area contributed by atoms with Gasteiger partial charge < -0.3 is 14.5 Å². The Hall–Kier alpha value is -1.15. The van der Waals surface area contributed by atoms with Gasteiger partial charge in [-0.1, -0.05) is 6.58 Å². The van der Waals surface area contributed by atoms with E-state index in [4.69, 9.17) is 4.74 Å². The second-order valence-corrected chi connectivity index (χ2v) is 7.61. The number of thioether (sulfide) groups is 2. The van der Waals surface area contributed by atoms with Crippen molar-refractivity contribution in [1.82, 2.24) is 9.80 Å². The number of likely N-dealkylation sites (N-methyl/N-ethyl adjacent to an activating group) is 1. The van der Waals surface area contributed by atoms with Crippen molar-refractivity contribution in [2.75, 3.05) is 56.3 Å². The minimum absolute atomic E-state index is 0.341. The van der Waals surface area contributed by atoms with Crippen molar-refractivity contribution in [3.63, 3.8) is 0 Å². The Morgan fingerprint density at radius 3 is 2.43 bits per heavy atom. The molecule has 23 heavy (non-hydrogen) atoms. The number of carbonyl (C=O) groups is 3. The van der Waals surface area contributed by atoms with E-state index >= 15 is 0 Å². The van der Waals surface area contributed by atoms with Crippen LogP contribution in [0.25, 0.3) is 0 Å². The second-order valence-electron chi connectivity index (χ2n) is 5.16. The van der Waals surface area contributed by atoms with Gasteiger partial charge >= 0.3 is 17.8 Å². The summed E-state index contributed by atoms with van der Waals surface area (Å²) in [6, 6.07) is 0. The average molecular weight is 361 g/mol. The van der Waals surface area contributed by atoms with Crippen LogP contribution >= 0.6 is 23.5 Å². The summed E-state index contributed by atoms with van der Waals surface area (Å²) >= 11 is 3.48. The highest BCUT2D eigenvalue weighted by Gasteiger charge is 2.29. The van der Waals surface area contributed by atoms with Crippen LogP contribution in [0.5, 0.6) is 0 Å². The maximum absolute atomic E-state index is 11.8. The van der Waals surface area contributed by atoms with Crippen LogP contribution in [0.3, 0.4) is 0 Å². The van der Waals surface area contributed by atoms with Crippen molar-refractivity contribution in [2.24, 2.45) is 0 Å². The zero-order valence-electron chi connectivity index (χ0n) is 13.7. The molecule has 1 aliphatic heterocycles. The van der Waals surface area contributed by atoms with Gasteiger partial charge in [0.05, 0.1) is 0 Å². The minimum Gasteiger partial charge on any atom is -0.461 e. The Labute approximate surface area is 146 Å². The summed E-state index contributed by atoms with van der Waals surface area (Å²) in [5.74, 6) is 2.37. The molecule has 1 aliphatic rings. The smallest absolute Gasteiger partial charge is 0.333 e. The predicted molar refractivity (Wildman–Crippen MR) is 94.6 cm³/mol. The first-order valence-electron chi connectivity index (χ1n) is 7.46. The molecule has 8 heteroatoms. The standard InChI is InChI=1S/C15H24N2O4S2/c1-12(2)15(20)21-7-9-23-11-10-22-8-6-17-5-4-16(3)13(18)14(17)19/h1,4-11H2,2-3H3. The van der Waals surface area contributed by atoms with Crippen LogP contribution in [-0.4, -0.2) is 83.9 Å². The fourth-order valence-electron chi connectivity index (χ4n) is 1.80. The first-order valence-corrected chi connectivity index (χ1v) is 9.77. The fraction of sp³-hybridized carbons (Fsp3) is 0.667. The minimum atomic E-state index is -0.416. The van der Waals surface area contributed by atoms with E-state index in [1.54, 1.807) is 42.4 Å². The highest BCUT2D eigenvalue weighted by atomic mass is 32.2. The van der Waals surface area contributed by atoms with E-state index in [0.29, 0.717) is 31.8 Å². The number of rotatable bonds is 10. The molecule has 0 unspecified atom stereocenters. The molecule has 0 saturated carbocycles. The first kappa shape index (κ1) is 19.9. The highest BCUT2D eigenvalue weighted by molar-refractivity contribution is 8.02. The van der Waals surface area contributed by atoms with Crippen LogP contribution in [0.2, 0.25) is 0 Å². The van der Waals surface area contributed by atoms with Crippen molar-refractivity contribution >= 4 is 41.3 Å². The van der Waals surface area contributed by atoms with Gasteiger partial charge in [0, 0.05) is 55.3 Å². The lowest BCUT2D eigenvalue weighted by atomic mass is 10.3. The molecule has 0 aromatic rings. The second kappa shape index (κ2) is 10.6. The monoisotopic (exact) mass is 360 g/mol. The molecule has 0 aromatic carbocycles. The molecule has 6 nitrogen and oxygen atoms in total. The molecule has 0 aliphatic carbocycles. The van der Waals surface area contributed by atoms with Crippen LogP contribution < -0.4 is 0 Å². The van der Waals surface area contributed by atoms with E-state index < -0.39 is 11.8 Å². The zero-order chi connectivity index (χ0) is 17.2. The number of piperazine rings is 1. The molecule has 1 heterocycles. The SMILES string of the molecule is C=C(C)C(=O)OCCSCCSCCN1CCN(C)C(=O)C1=O. The maximum Gasteiger partial charge on any atom is 0.333 e. The van der Waals surface area contributed by atoms with Crippen molar-refractivity contribution < 1.29 is 19.1 Å². The molecule has 1 rings (SSSR count). The van der Waals surface area contributed by atoms with Crippen molar-refractivity contribution in [2.45, 2.75) is 6.92 Å². The van der Waals surface area contributed by atoms with Crippen LogP contribution in [0.15, 0.2) is 12.2 Å². The van der Waals surface area contributed by atoms with Crippen molar-refractivity contribution in [3.8, 4) is 0 Å². The predicted octanol–water partition coefficient (Wildman–Crippen LogP) is 0.873. The third-order valence-electron chi connectivity index (χ3n) is 3.21. The topological polar surface area (TPSA) is 66.9 Å².